The van der Waals surface area contributed by atoms with Crippen LogP contribution < -0.4 is 0 Å². The number of carbonyl (C=O) groups is 1. The number of hydrogen-bond donors (Lipinski definition) is 0. The van der Waals surface area contributed by atoms with Gasteiger partial charge in [0, 0.05) is 38.4 Å². The number of rotatable bonds is 5. The van der Waals surface area contributed by atoms with Gasteiger partial charge in [-0.05, 0) is 18.4 Å². The molecule has 1 aliphatic rings. The molecule has 8 heteroatoms. The van der Waals surface area contributed by atoms with Gasteiger partial charge < -0.3 is 18.8 Å². The minimum atomic E-state index is -0.269. The highest BCUT2D eigenvalue weighted by molar-refractivity contribution is 5.67. The summed E-state index contributed by atoms with van der Waals surface area (Å²) in [4.78, 5) is 18.3. The average Bonchev–Trinajstić information content (AvgIpc) is 3.38. The first-order chi connectivity index (χ1) is 13.7. The Morgan fingerprint density at radius 3 is 2.89 bits per heavy atom. The average molecular weight is 380 g/mol. The van der Waals surface area contributed by atoms with E-state index < -0.39 is 0 Å². The zero-order chi connectivity index (χ0) is 19.3. The normalized spacial score (nSPS) is 16.9. The molecule has 0 unspecified atom stereocenters. The lowest BCUT2D eigenvalue weighted by atomic mass is 9.97. The van der Waals surface area contributed by atoms with Crippen LogP contribution in [0.25, 0.3) is 0 Å². The number of nitrogens with zero attached hydrogens (tertiary/aromatic N) is 6. The fourth-order valence-corrected chi connectivity index (χ4v) is 3.58. The Bertz CT molecular complexity index is 906. The molecular formula is C20H24N6O2. The van der Waals surface area contributed by atoms with Crippen molar-refractivity contribution in [2.45, 2.75) is 31.9 Å². The minimum Gasteiger partial charge on any atom is -0.445 e. The monoisotopic (exact) mass is 380 g/mol. The summed E-state index contributed by atoms with van der Waals surface area (Å²) in [7, 11) is 1.98. The third-order valence-corrected chi connectivity index (χ3v) is 5.13. The molecule has 0 spiro atoms. The second kappa shape index (κ2) is 8.24. The maximum atomic E-state index is 12.5. The smallest absolute Gasteiger partial charge is 0.410 e. The standard InChI is InChI=1S/C20H24N6O2/c1-24-18(13-25-11-9-21-15-25)22-23-19(24)17-8-5-10-26(12-17)20(27)28-14-16-6-3-2-4-7-16/h2-4,6-7,9,11,15,17H,5,8,10,12-14H2,1H3/t17-/m1/s1. The van der Waals surface area contributed by atoms with Crippen molar-refractivity contribution in [1.82, 2.24) is 29.2 Å². The topological polar surface area (TPSA) is 78.1 Å². The number of benzene rings is 1. The molecule has 1 aliphatic heterocycles. The first-order valence-electron chi connectivity index (χ1n) is 9.50. The van der Waals surface area contributed by atoms with Gasteiger partial charge in [0.15, 0.2) is 5.82 Å². The zero-order valence-corrected chi connectivity index (χ0v) is 15.9. The van der Waals surface area contributed by atoms with Crippen molar-refractivity contribution in [2.75, 3.05) is 13.1 Å². The molecule has 0 radical (unpaired) electrons. The quantitative estimate of drug-likeness (QED) is 0.680. The fourth-order valence-electron chi connectivity index (χ4n) is 3.58. The van der Waals surface area contributed by atoms with Crippen LogP contribution in [0.1, 0.15) is 36.0 Å². The van der Waals surface area contributed by atoms with Gasteiger partial charge in [0.2, 0.25) is 0 Å². The molecule has 8 nitrogen and oxygen atoms in total. The molecule has 0 N–H and O–H groups in total. The molecule has 1 fully saturated rings. The van der Waals surface area contributed by atoms with E-state index in [1.807, 2.05) is 52.7 Å². The van der Waals surface area contributed by atoms with Crippen molar-refractivity contribution in [3.8, 4) is 0 Å². The summed E-state index contributed by atoms with van der Waals surface area (Å²) in [6, 6.07) is 9.73. The molecule has 0 saturated carbocycles. The number of imidazole rings is 1. The van der Waals surface area contributed by atoms with E-state index in [2.05, 4.69) is 15.2 Å². The van der Waals surface area contributed by atoms with Gasteiger partial charge in [-0.3, -0.25) is 0 Å². The Labute approximate surface area is 163 Å². The molecule has 1 atom stereocenters. The largest absolute Gasteiger partial charge is 0.445 e. The van der Waals surface area contributed by atoms with E-state index in [4.69, 9.17) is 4.74 Å². The summed E-state index contributed by atoms with van der Waals surface area (Å²) < 4.78 is 9.48. The highest BCUT2D eigenvalue weighted by atomic mass is 16.6. The predicted octanol–water partition coefficient (Wildman–Crippen LogP) is 2.58. The van der Waals surface area contributed by atoms with E-state index in [1.54, 1.807) is 17.4 Å². The Hall–Kier alpha value is -3.16. The lowest BCUT2D eigenvalue weighted by molar-refractivity contribution is 0.0851. The van der Waals surface area contributed by atoms with Gasteiger partial charge >= 0.3 is 6.09 Å². The van der Waals surface area contributed by atoms with E-state index in [9.17, 15) is 4.79 Å². The summed E-state index contributed by atoms with van der Waals surface area (Å²) in [6.45, 7) is 2.23. The van der Waals surface area contributed by atoms with Gasteiger partial charge in [0.05, 0.1) is 12.9 Å². The van der Waals surface area contributed by atoms with E-state index in [0.717, 1.165) is 30.1 Å². The second-order valence-corrected chi connectivity index (χ2v) is 7.09. The number of likely N-dealkylation sites (tertiary alicyclic amines) is 1. The Kier molecular flexibility index (Phi) is 5.36. The van der Waals surface area contributed by atoms with Gasteiger partial charge in [0.1, 0.15) is 12.4 Å². The molecule has 146 valence electrons. The minimum absolute atomic E-state index is 0.159. The van der Waals surface area contributed by atoms with Crippen molar-refractivity contribution in [2.24, 2.45) is 7.05 Å². The van der Waals surface area contributed by atoms with Gasteiger partial charge in [-0.1, -0.05) is 30.3 Å². The SMILES string of the molecule is Cn1c(Cn2ccnc2)nnc1[C@@H]1CCCN(C(=O)OCc2ccccc2)C1. The number of piperidine rings is 1. The van der Waals surface area contributed by atoms with Gasteiger partial charge in [-0.2, -0.15) is 0 Å². The maximum absolute atomic E-state index is 12.5. The molecule has 28 heavy (non-hydrogen) atoms. The highest BCUT2D eigenvalue weighted by Crippen LogP contribution is 2.26. The molecule has 3 aromatic rings. The summed E-state index contributed by atoms with van der Waals surface area (Å²) >= 11 is 0. The Morgan fingerprint density at radius 2 is 2.11 bits per heavy atom. The molecule has 1 saturated heterocycles. The molecule has 4 rings (SSSR count). The van der Waals surface area contributed by atoms with Gasteiger partial charge in [0.25, 0.3) is 0 Å². The molecule has 3 heterocycles. The molecule has 0 bridgehead atoms. The van der Waals surface area contributed by atoms with E-state index in [-0.39, 0.29) is 12.0 Å². The number of amides is 1. The molecule has 0 aliphatic carbocycles. The predicted molar refractivity (Wildman–Crippen MR) is 103 cm³/mol. The third kappa shape index (κ3) is 4.05. The summed E-state index contributed by atoms with van der Waals surface area (Å²) in [5.74, 6) is 1.94. The lowest BCUT2D eigenvalue weighted by Gasteiger charge is -2.31. The molecular weight excluding hydrogens is 356 g/mol. The van der Waals surface area contributed by atoms with E-state index >= 15 is 0 Å². The van der Waals surface area contributed by atoms with Crippen LogP contribution in [0.3, 0.4) is 0 Å². The summed E-state index contributed by atoms with van der Waals surface area (Å²) in [5.41, 5.74) is 0.988. The number of carbonyl (C=O) groups excluding carboxylic acids is 1. The van der Waals surface area contributed by atoms with Crippen LogP contribution in [-0.4, -0.2) is 48.4 Å². The highest BCUT2D eigenvalue weighted by Gasteiger charge is 2.29. The van der Waals surface area contributed by atoms with Crippen molar-refractivity contribution >= 4 is 6.09 Å². The number of aromatic nitrogens is 5. The fraction of sp³-hybridized carbons (Fsp3) is 0.400. The zero-order valence-electron chi connectivity index (χ0n) is 15.9. The van der Waals surface area contributed by atoms with Crippen molar-refractivity contribution in [3.05, 3.63) is 66.3 Å². The van der Waals surface area contributed by atoms with E-state index in [0.29, 0.717) is 26.2 Å². The number of ether oxygens (including phenoxy) is 1. The van der Waals surface area contributed by atoms with E-state index in [1.165, 1.54) is 0 Å². The summed E-state index contributed by atoms with van der Waals surface area (Å²) in [6.07, 6.45) is 7.05. The number of hydrogen-bond acceptors (Lipinski definition) is 5. The van der Waals surface area contributed by atoms with Crippen LogP contribution in [0, 0.1) is 0 Å². The van der Waals surface area contributed by atoms with Crippen LogP contribution in [0.5, 0.6) is 0 Å². The Morgan fingerprint density at radius 1 is 1.25 bits per heavy atom. The van der Waals surface area contributed by atoms with Crippen LogP contribution in [0.4, 0.5) is 4.79 Å². The molecule has 1 aromatic carbocycles. The van der Waals surface area contributed by atoms with Gasteiger partial charge in [-0.25, -0.2) is 9.78 Å². The van der Waals surface area contributed by atoms with Crippen molar-refractivity contribution in [3.63, 3.8) is 0 Å². The molecule has 1 amide bonds. The van der Waals surface area contributed by atoms with Gasteiger partial charge in [-0.15, -0.1) is 10.2 Å². The third-order valence-electron chi connectivity index (χ3n) is 5.13. The van der Waals surface area contributed by atoms with Crippen LogP contribution >= 0.6 is 0 Å². The Balaban J connectivity index is 1.38. The van der Waals surface area contributed by atoms with Crippen molar-refractivity contribution < 1.29 is 9.53 Å². The van der Waals surface area contributed by atoms with Crippen molar-refractivity contribution in [1.29, 1.82) is 0 Å². The van der Waals surface area contributed by atoms with Crippen LogP contribution in [-0.2, 0) is 24.9 Å². The molecule has 2 aromatic heterocycles. The van der Waals surface area contributed by atoms with Crippen LogP contribution in [0.15, 0.2) is 49.1 Å². The second-order valence-electron chi connectivity index (χ2n) is 7.09. The first-order valence-corrected chi connectivity index (χ1v) is 9.50. The summed E-state index contributed by atoms with van der Waals surface area (Å²) in [5, 5.41) is 8.75. The lowest BCUT2D eigenvalue weighted by Crippen LogP contribution is -2.40. The first kappa shape index (κ1) is 18.2. The maximum Gasteiger partial charge on any atom is 0.410 e. The van der Waals surface area contributed by atoms with Crippen LogP contribution in [0.2, 0.25) is 0 Å².